The lowest BCUT2D eigenvalue weighted by Gasteiger charge is -2.10. The summed E-state index contributed by atoms with van der Waals surface area (Å²) in [7, 11) is 0. The fourth-order valence-electron chi connectivity index (χ4n) is 0.939. The second-order valence-corrected chi connectivity index (χ2v) is 5.70. The first-order valence-electron chi connectivity index (χ1n) is 4.26. The highest BCUT2D eigenvalue weighted by Crippen LogP contribution is 2.47. The van der Waals surface area contributed by atoms with E-state index in [0.29, 0.717) is 14.9 Å². The van der Waals surface area contributed by atoms with Gasteiger partial charge in [0, 0.05) is 10.6 Å². The lowest BCUT2D eigenvalue weighted by molar-refractivity contribution is 1.45. The molecule has 0 atom stereocenters. The van der Waals surface area contributed by atoms with E-state index in [1.807, 2.05) is 19.1 Å². The van der Waals surface area contributed by atoms with E-state index < -0.39 is 0 Å². The van der Waals surface area contributed by atoms with Gasteiger partial charge in [-0.25, -0.2) is 0 Å². The number of rotatable bonds is 3. The molecule has 0 spiro atoms. The Kier molecular flexibility index (Phi) is 6.14. The fraction of sp³-hybridized carbons (Fsp3) is 0.200. The maximum Gasteiger partial charge on any atom is 0.0809 e. The van der Waals surface area contributed by atoms with Crippen molar-refractivity contribution in [3.05, 3.63) is 37.3 Å². The van der Waals surface area contributed by atoms with Crippen molar-refractivity contribution >= 4 is 69.8 Å². The predicted octanol–water partition coefficient (Wildman–Crippen LogP) is 6.62. The van der Waals surface area contributed by atoms with Crippen LogP contribution in [-0.2, 0) is 0 Å². The van der Waals surface area contributed by atoms with Crippen LogP contribution in [0.1, 0.15) is 6.92 Å². The van der Waals surface area contributed by atoms with Gasteiger partial charge >= 0.3 is 0 Å². The summed E-state index contributed by atoms with van der Waals surface area (Å²) in [6.45, 7) is 1.94. The molecule has 0 unspecified atom stereocenters. The van der Waals surface area contributed by atoms with Crippen molar-refractivity contribution in [1.29, 1.82) is 0 Å². The lowest BCUT2D eigenvalue weighted by atomic mass is 10.3. The molecule has 0 saturated carbocycles. The van der Waals surface area contributed by atoms with Crippen LogP contribution < -0.4 is 0 Å². The molecule has 1 rings (SSSR count). The molecule has 88 valence electrons. The van der Waals surface area contributed by atoms with Crippen LogP contribution in [0.3, 0.4) is 0 Å². The number of hydrogen-bond donors (Lipinski definition) is 0. The van der Waals surface area contributed by atoms with E-state index in [1.54, 1.807) is 0 Å². The van der Waals surface area contributed by atoms with Crippen molar-refractivity contribution in [2.75, 3.05) is 5.75 Å². The molecule has 0 bridgehead atoms. The zero-order chi connectivity index (χ0) is 12.3. The van der Waals surface area contributed by atoms with E-state index in [-0.39, 0.29) is 15.1 Å². The lowest BCUT2D eigenvalue weighted by Crippen LogP contribution is -1.84. The largest absolute Gasteiger partial charge is 0.119 e. The third kappa shape index (κ3) is 3.16. The number of halogens is 5. The van der Waals surface area contributed by atoms with Crippen LogP contribution in [0.5, 0.6) is 0 Å². The van der Waals surface area contributed by atoms with Crippen molar-refractivity contribution in [3.63, 3.8) is 0 Å². The molecule has 0 aliphatic heterocycles. The van der Waals surface area contributed by atoms with Gasteiger partial charge in [0.05, 0.1) is 25.1 Å². The average molecular weight is 336 g/mol. The monoisotopic (exact) mass is 334 g/mol. The molecule has 0 fully saturated rings. The highest BCUT2D eigenvalue weighted by molar-refractivity contribution is 7.99. The second-order valence-electron chi connectivity index (χ2n) is 2.78. The number of hydrogen-bond acceptors (Lipinski definition) is 1. The smallest absolute Gasteiger partial charge is 0.0809 e. The molecule has 0 aliphatic carbocycles. The highest BCUT2D eigenvalue weighted by atomic mass is 35.5. The van der Waals surface area contributed by atoms with Gasteiger partial charge in [0.2, 0.25) is 0 Å². The van der Waals surface area contributed by atoms with E-state index in [9.17, 15) is 0 Å². The molecular formula is C10H7Cl5S. The van der Waals surface area contributed by atoms with Crippen LogP contribution in [0.2, 0.25) is 25.1 Å². The van der Waals surface area contributed by atoms with E-state index in [0.717, 1.165) is 5.75 Å². The summed E-state index contributed by atoms with van der Waals surface area (Å²) in [6, 6.07) is 0. The Labute approximate surface area is 124 Å². The Morgan fingerprint density at radius 1 is 0.875 bits per heavy atom. The Morgan fingerprint density at radius 2 is 1.31 bits per heavy atom. The normalized spacial score (nSPS) is 11.4. The van der Waals surface area contributed by atoms with E-state index in [1.165, 1.54) is 11.8 Å². The summed E-state index contributed by atoms with van der Waals surface area (Å²) in [4.78, 5) is 0.654. The summed E-state index contributed by atoms with van der Waals surface area (Å²) < 4.78 is 0. The van der Waals surface area contributed by atoms with Gasteiger partial charge in [-0.2, -0.15) is 0 Å². The Hall–Kier alpha value is 0.760. The van der Waals surface area contributed by atoms with Crippen molar-refractivity contribution in [1.82, 2.24) is 0 Å². The van der Waals surface area contributed by atoms with Crippen LogP contribution in [0.15, 0.2) is 17.0 Å². The van der Waals surface area contributed by atoms with Gasteiger partial charge in [-0.3, -0.25) is 0 Å². The number of benzene rings is 1. The maximum atomic E-state index is 6.05. The second kappa shape index (κ2) is 6.63. The van der Waals surface area contributed by atoms with Crippen molar-refractivity contribution < 1.29 is 0 Å². The quantitative estimate of drug-likeness (QED) is 0.259. The summed E-state index contributed by atoms with van der Waals surface area (Å²) >= 11 is 31.3. The molecule has 0 saturated heterocycles. The molecule has 0 aliphatic rings. The first-order valence-corrected chi connectivity index (χ1v) is 7.13. The standard InChI is InChI=1S/C10H7Cl5S/c1-2-3-4-16-10-8(14)6(12)5(11)7(13)9(10)15/h2-3H,4H2,1H3. The molecule has 0 aromatic heterocycles. The molecular weight excluding hydrogens is 329 g/mol. The first kappa shape index (κ1) is 14.8. The van der Waals surface area contributed by atoms with Gasteiger partial charge in [0.25, 0.3) is 0 Å². The third-order valence-electron chi connectivity index (χ3n) is 1.73. The Balaban J connectivity index is 3.18. The summed E-state index contributed by atoms with van der Waals surface area (Å²) in [6.07, 6.45) is 3.92. The SMILES string of the molecule is CC=CCSc1c(Cl)c(Cl)c(Cl)c(Cl)c1Cl. The molecule has 0 nitrogen and oxygen atoms in total. The predicted molar refractivity (Wildman–Crippen MR) is 77.0 cm³/mol. The van der Waals surface area contributed by atoms with Gasteiger partial charge in [0.1, 0.15) is 0 Å². The number of thioether (sulfide) groups is 1. The first-order chi connectivity index (χ1) is 7.50. The third-order valence-corrected chi connectivity index (χ3v) is 5.29. The zero-order valence-corrected chi connectivity index (χ0v) is 12.8. The minimum Gasteiger partial charge on any atom is -0.119 e. The van der Waals surface area contributed by atoms with Gasteiger partial charge in [-0.15, -0.1) is 11.8 Å². The van der Waals surface area contributed by atoms with Crippen molar-refractivity contribution in [3.8, 4) is 0 Å². The highest BCUT2D eigenvalue weighted by Gasteiger charge is 2.18. The molecule has 0 N–H and O–H groups in total. The van der Waals surface area contributed by atoms with Gasteiger partial charge in [-0.05, 0) is 6.92 Å². The summed E-state index contributed by atoms with van der Waals surface area (Å²) in [5.74, 6) is 0.740. The number of allylic oxidation sites excluding steroid dienone is 1. The summed E-state index contributed by atoms with van der Waals surface area (Å²) in [5, 5.41) is 1.35. The van der Waals surface area contributed by atoms with Gasteiger partial charge in [-0.1, -0.05) is 70.2 Å². The van der Waals surface area contributed by atoms with Crippen molar-refractivity contribution in [2.45, 2.75) is 11.8 Å². The van der Waals surface area contributed by atoms with Crippen LogP contribution in [0, 0.1) is 0 Å². The molecule has 0 radical (unpaired) electrons. The Morgan fingerprint density at radius 3 is 1.75 bits per heavy atom. The fourth-order valence-corrected chi connectivity index (χ4v) is 3.43. The minimum atomic E-state index is 0.189. The molecule has 16 heavy (non-hydrogen) atoms. The van der Waals surface area contributed by atoms with Gasteiger partial charge < -0.3 is 0 Å². The maximum absolute atomic E-state index is 6.05. The van der Waals surface area contributed by atoms with E-state index >= 15 is 0 Å². The molecule has 0 amide bonds. The van der Waals surface area contributed by atoms with Crippen LogP contribution in [0.4, 0.5) is 0 Å². The van der Waals surface area contributed by atoms with E-state index in [4.69, 9.17) is 58.0 Å². The van der Waals surface area contributed by atoms with Crippen LogP contribution in [0.25, 0.3) is 0 Å². The van der Waals surface area contributed by atoms with E-state index in [2.05, 4.69) is 0 Å². The van der Waals surface area contributed by atoms with Crippen molar-refractivity contribution in [2.24, 2.45) is 0 Å². The van der Waals surface area contributed by atoms with Gasteiger partial charge in [0.15, 0.2) is 0 Å². The summed E-state index contributed by atoms with van der Waals surface area (Å²) in [5.41, 5.74) is 0. The van der Waals surface area contributed by atoms with Crippen LogP contribution in [-0.4, -0.2) is 5.75 Å². The average Bonchev–Trinajstić information content (AvgIpc) is 2.28. The molecule has 1 aromatic rings. The molecule has 1 aromatic carbocycles. The topological polar surface area (TPSA) is 0 Å². The van der Waals surface area contributed by atoms with Crippen LogP contribution >= 0.6 is 69.8 Å². The molecule has 6 heteroatoms. The Bertz CT molecular complexity index is 399. The molecule has 0 heterocycles. The zero-order valence-electron chi connectivity index (χ0n) is 8.16. The minimum absolute atomic E-state index is 0.189.